The Morgan fingerprint density at radius 3 is 1.85 bits per heavy atom. The van der Waals surface area contributed by atoms with Crippen LogP contribution < -0.4 is 0 Å². The van der Waals surface area contributed by atoms with Crippen molar-refractivity contribution in [3.8, 4) is 0 Å². The summed E-state index contributed by atoms with van der Waals surface area (Å²) in [6.45, 7) is 0. The maximum absolute atomic E-state index is 11.5. The molecule has 0 fully saturated rings. The Labute approximate surface area is 75.6 Å². The molecule has 3 aliphatic carbocycles. The third-order valence-corrected chi connectivity index (χ3v) is 3.03. The van der Waals surface area contributed by atoms with Crippen molar-refractivity contribution < 1.29 is 9.59 Å². The highest BCUT2D eigenvalue weighted by atomic mass is 16.1. The monoisotopic (exact) mass is 172 g/mol. The predicted molar refractivity (Wildman–Crippen MR) is 46.9 cm³/mol. The Kier molecular flexibility index (Phi) is 1.12. The molecule has 3 aliphatic rings. The molecule has 2 atom stereocenters. The first-order valence-electron chi connectivity index (χ1n) is 4.46. The van der Waals surface area contributed by atoms with Crippen molar-refractivity contribution in [3.63, 3.8) is 0 Å². The van der Waals surface area contributed by atoms with Crippen molar-refractivity contribution in [3.05, 3.63) is 35.5 Å². The van der Waals surface area contributed by atoms with E-state index in [2.05, 4.69) is 0 Å². The maximum atomic E-state index is 11.5. The van der Waals surface area contributed by atoms with Gasteiger partial charge in [0.15, 0.2) is 11.6 Å². The van der Waals surface area contributed by atoms with Gasteiger partial charge in [0.25, 0.3) is 0 Å². The first-order valence-corrected chi connectivity index (χ1v) is 4.46. The number of allylic oxidation sites excluding steroid dienone is 6. The van der Waals surface area contributed by atoms with E-state index in [1.165, 1.54) is 12.2 Å². The standard InChI is InChI=1S/C11H8O2/c12-8-3-4-9(13)11-7-2-1-6(5-7)10(8)11/h1-4,6-7H,5H2/t6-,7-/m1/s1. The quantitative estimate of drug-likeness (QED) is 0.406. The molecule has 0 aromatic carbocycles. The molecule has 0 heterocycles. The second-order valence-electron chi connectivity index (χ2n) is 3.72. The minimum Gasteiger partial charge on any atom is -0.290 e. The fourth-order valence-electron chi connectivity index (χ4n) is 2.49. The molecule has 3 rings (SSSR count). The van der Waals surface area contributed by atoms with Gasteiger partial charge in [-0.15, -0.1) is 0 Å². The van der Waals surface area contributed by atoms with Crippen LogP contribution in [0.4, 0.5) is 0 Å². The zero-order valence-electron chi connectivity index (χ0n) is 6.99. The molecule has 0 amide bonds. The van der Waals surface area contributed by atoms with E-state index in [1.807, 2.05) is 12.2 Å². The second-order valence-corrected chi connectivity index (χ2v) is 3.72. The summed E-state index contributed by atoms with van der Waals surface area (Å²) in [5, 5.41) is 0. The summed E-state index contributed by atoms with van der Waals surface area (Å²) in [6.07, 6.45) is 7.83. The Balaban J connectivity index is 2.19. The summed E-state index contributed by atoms with van der Waals surface area (Å²) in [4.78, 5) is 23.0. The van der Waals surface area contributed by atoms with Crippen LogP contribution in [0, 0.1) is 11.8 Å². The summed E-state index contributed by atoms with van der Waals surface area (Å²) < 4.78 is 0. The van der Waals surface area contributed by atoms with E-state index >= 15 is 0 Å². The topological polar surface area (TPSA) is 34.1 Å². The zero-order chi connectivity index (χ0) is 9.00. The van der Waals surface area contributed by atoms with E-state index in [0.29, 0.717) is 0 Å². The fourth-order valence-corrected chi connectivity index (χ4v) is 2.49. The number of carbonyl (C=O) groups excluding carboxylic acids is 2. The molecular weight excluding hydrogens is 164 g/mol. The van der Waals surface area contributed by atoms with Gasteiger partial charge in [-0.25, -0.2) is 0 Å². The first kappa shape index (κ1) is 7.01. The summed E-state index contributed by atoms with van der Waals surface area (Å²) in [5.41, 5.74) is 1.53. The van der Waals surface area contributed by atoms with Crippen molar-refractivity contribution in [2.45, 2.75) is 6.42 Å². The molecule has 0 aromatic heterocycles. The average Bonchev–Trinajstić information content (AvgIpc) is 2.70. The van der Waals surface area contributed by atoms with Crippen LogP contribution in [0.3, 0.4) is 0 Å². The Morgan fingerprint density at radius 1 is 0.923 bits per heavy atom. The van der Waals surface area contributed by atoms with Gasteiger partial charge in [0.1, 0.15) is 0 Å². The predicted octanol–water partition coefficient (Wildman–Crippen LogP) is 1.20. The van der Waals surface area contributed by atoms with Crippen LogP contribution >= 0.6 is 0 Å². The minimum absolute atomic E-state index is 0.0338. The smallest absolute Gasteiger partial charge is 0.182 e. The Hall–Kier alpha value is -1.44. The van der Waals surface area contributed by atoms with Crippen molar-refractivity contribution in [2.24, 2.45) is 11.8 Å². The number of ketones is 2. The van der Waals surface area contributed by atoms with Crippen LogP contribution in [0.25, 0.3) is 0 Å². The minimum atomic E-state index is 0.0338. The highest BCUT2D eigenvalue weighted by Gasteiger charge is 2.41. The molecule has 2 nitrogen and oxygen atoms in total. The van der Waals surface area contributed by atoms with Crippen molar-refractivity contribution in [1.29, 1.82) is 0 Å². The third-order valence-electron chi connectivity index (χ3n) is 3.03. The molecule has 0 saturated carbocycles. The number of rotatable bonds is 0. The van der Waals surface area contributed by atoms with Gasteiger partial charge >= 0.3 is 0 Å². The van der Waals surface area contributed by atoms with Crippen molar-refractivity contribution in [1.82, 2.24) is 0 Å². The van der Waals surface area contributed by atoms with E-state index in [9.17, 15) is 9.59 Å². The van der Waals surface area contributed by atoms with Gasteiger partial charge in [-0.3, -0.25) is 9.59 Å². The van der Waals surface area contributed by atoms with Gasteiger partial charge in [0.05, 0.1) is 0 Å². The van der Waals surface area contributed by atoms with E-state index < -0.39 is 0 Å². The lowest BCUT2D eigenvalue weighted by molar-refractivity contribution is -0.115. The molecule has 64 valence electrons. The van der Waals surface area contributed by atoms with Crippen LogP contribution in [0.5, 0.6) is 0 Å². The Bertz CT molecular complexity index is 374. The SMILES string of the molecule is O=C1C=CC(=O)C2=C1[C@@H]1C=C[C@@H]2C1. The molecule has 0 aliphatic heterocycles. The molecule has 2 bridgehead atoms. The molecule has 2 heteroatoms. The number of carbonyl (C=O) groups is 2. The zero-order valence-corrected chi connectivity index (χ0v) is 6.99. The lowest BCUT2D eigenvalue weighted by Gasteiger charge is -2.14. The molecule has 0 unspecified atom stereocenters. The molecule has 0 aromatic rings. The second kappa shape index (κ2) is 2.08. The molecule has 0 N–H and O–H groups in total. The van der Waals surface area contributed by atoms with Crippen LogP contribution in [0.15, 0.2) is 35.5 Å². The van der Waals surface area contributed by atoms with E-state index in [1.54, 1.807) is 0 Å². The van der Waals surface area contributed by atoms with Gasteiger partial charge in [0, 0.05) is 23.0 Å². The lowest BCUT2D eigenvalue weighted by Crippen LogP contribution is -2.17. The summed E-state index contributed by atoms with van der Waals surface area (Å²) >= 11 is 0. The number of fused-ring (bicyclic) bond motifs is 4. The highest BCUT2D eigenvalue weighted by molar-refractivity contribution is 6.21. The average molecular weight is 172 g/mol. The summed E-state index contributed by atoms with van der Waals surface area (Å²) in [7, 11) is 0. The number of hydrogen-bond donors (Lipinski definition) is 0. The normalized spacial score (nSPS) is 34.8. The van der Waals surface area contributed by atoms with Crippen molar-refractivity contribution in [2.75, 3.05) is 0 Å². The maximum Gasteiger partial charge on any atom is 0.182 e. The van der Waals surface area contributed by atoms with Crippen LogP contribution in [-0.2, 0) is 9.59 Å². The van der Waals surface area contributed by atoms with E-state index in [0.717, 1.165) is 17.6 Å². The fraction of sp³-hybridized carbons (Fsp3) is 0.273. The molecular formula is C11H8O2. The first-order chi connectivity index (χ1) is 6.27. The van der Waals surface area contributed by atoms with E-state index in [-0.39, 0.29) is 23.4 Å². The Morgan fingerprint density at radius 2 is 1.38 bits per heavy atom. The van der Waals surface area contributed by atoms with Crippen molar-refractivity contribution >= 4 is 11.6 Å². The van der Waals surface area contributed by atoms with Gasteiger partial charge in [-0.05, 0) is 18.6 Å². The van der Waals surface area contributed by atoms with Gasteiger partial charge in [-0.1, -0.05) is 12.2 Å². The van der Waals surface area contributed by atoms with Crippen LogP contribution in [-0.4, -0.2) is 11.6 Å². The molecule has 0 spiro atoms. The summed E-state index contributed by atoms with van der Waals surface area (Å²) in [5.74, 6) is 0.515. The number of hydrogen-bond acceptors (Lipinski definition) is 2. The highest BCUT2D eigenvalue weighted by Crippen LogP contribution is 2.45. The third kappa shape index (κ3) is 0.730. The largest absolute Gasteiger partial charge is 0.290 e. The van der Waals surface area contributed by atoms with Gasteiger partial charge in [0.2, 0.25) is 0 Å². The molecule has 0 saturated heterocycles. The molecule has 13 heavy (non-hydrogen) atoms. The lowest BCUT2D eigenvalue weighted by atomic mass is 9.87. The van der Waals surface area contributed by atoms with Crippen LogP contribution in [0.2, 0.25) is 0 Å². The summed E-state index contributed by atoms with van der Waals surface area (Å²) in [6, 6.07) is 0. The van der Waals surface area contributed by atoms with E-state index in [4.69, 9.17) is 0 Å². The van der Waals surface area contributed by atoms with Gasteiger partial charge in [-0.2, -0.15) is 0 Å². The van der Waals surface area contributed by atoms with Gasteiger partial charge < -0.3 is 0 Å². The molecule has 0 radical (unpaired) electrons. The van der Waals surface area contributed by atoms with Crippen LogP contribution in [0.1, 0.15) is 6.42 Å².